The number of aliphatic hydroxyl groups is 2. The maximum Gasteiger partial charge on any atom is 0.0854 e. The topological polar surface area (TPSA) is 49.7 Å². The number of halogens is 1. The Labute approximate surface area is 155 Å². The molecule has 3 atom stereocenters. The minimum absolute atomic E-state index is 0.0617. The van der Waals surface area contributed by atoms with Gasteiger partial charge in [0, 0.05) is 17.9 Å². The number of ether oxygens (including phenoxy) is 1. The molecule has 0 amide bonds. The van der Waals surface area contributed by atoms with E-state index in [9.17, 15) is 10.2 Å². The van der Waals surface area contributed by atoms with E-state index in [1.807, 2.05) is 12.1 Å². The van der Waals surface area contributed by atoms with Crippen LogP contribution in [0.3, 0.4) is 0 Å². The van der Waals surface area contributed by atoms with E-state index in [0.29, 0.717) is 18.3 Å². The molecule has 2 N–H and O–H groups in total. The van der Waals surface area contributed by atoms with Gasteiger partial charge in [0.15, 0.2) is 0 Å². The lowest BCUT2D eigenvalue weighted by Crippen LogP contribution is -2.33. The third-order valence-corrected chi connectivity index (χ3v) is 5.92. The number of benzene rings is 1. The van der Waals surface area contributed by atoms with E-state index in [4.69, 9.17) is 16.3 Å². The Balaban J connectivity index is 1.79. The minimum atomic E-state index is -0.436. The average molecular weight is 365 g/mol. The summed E-state index contributed by atoms with van der Waals surface area (Å²) in [5, 5.41) is 20.2. The first-order valence-corrected chi connectivity index (χ1v) is 9.67. The summed E-state index contributed by atoms with van der Waals surface area (Å²) >= 11 is 6.42. The molecule has 3 unspecified atom stereocenters. The Morgan fingerprint density at radius 3 is 2.64 bits per heavy atom. The van der Waals surface area contributed by atoms with Gasteiger partial charge in [0.05, 0.1) is 24.9 Å². The van der Waals surface area contributed by atoms with Gasteiger partial charge < -0.3 is 14.9 Å². The highest BCUT2D eigenvalue weighted by Gasteiger charge is 2.29. The molecule has 0 aromatic heterocycles. The summed E-state index contributed by atoms with van der Waals surface area (Å²) in [5.74, 6) is 0. The molecule has 0 bridgehead atoms. The Morgan fingerprint density at radius 2 is 1.96 bits per heavy atom. The van der Waals surface area contributed by atoms with E-state index in [-0.39, 0.29) is 18.8 Å². The summed E-state index contributed by atoms with van der Waals surface area (Å²) in [5.41, 5.74) is 3.94. The lowest BCUT2D eigenvalue weighted by atomic mass is 9.75. The van der Waals surface area contributed by atoms with Crippen molar-refractivity contribution in [3.8, 4) is 0 Å². The summed E-state index contributed by atoms with van der Waals surface area (Å²) in [4.78, 5) is 0. The highest BCUT2D eigenvalue weighted by molar-refractivity contribution is 6.32. The number of allylic oxidation sites excluding steroid dienone is 1. The van der Waals surface area contributed by atoms with Crippen molar-refractivity contribution in [1.29, 1.82) is 0 Å². The molecule has 2 aliphatic rings. The van der Waals surface area contributed by atoms with E-state index in [1.54, 1.807) is 0 Å². The van der Waals surface area contributed by atoms with E-state index in [0.717, 1.165) is 29.0 Å². The normalized spacial score (nSPS) is 29.5. The molecule has 0 radical (unpaired) electrons. The highest BCUT2D eigenvalue weighted by atomic mass is 35.5. The third-order valence-electron chi connectivity index (χ3n) is 5.58. The van der Waals surface area contributed by atoms with Crippen LogP contribution in [0.5, 0.6) is 0 Å². The van der Waals surface area contributed by atoms with Gasteiger partial charge in [-0.25, -0.2) is 0 Å². The van der Waals surface area contributed by atoms with Gasteiger partial charge in [0.2, 0.25) is 0 Å². The van der Waals surface area contributed by atoms with Crippen LogP contribution in [0.2, 0.25) is 5.02 Å². The van der Waals surface area contributed by atoms with Crippen molar-refractivity contribution >= 4 is 17.7 Å². The van der Waals surface area contributed by atoms with Gasteiger partial charge in [-0.2, -0.15) is 0 Å². The van der Waals surface area contributed by atoms with Gasteiger partial charge in [-0.05, 0) is 54.4 Å². The van der Waals surface area contributed by atoms with Crippen molar-refractivity contribution in [1.82, 2.24) is 0 Å². The van der Waals surface area contributed by atoms with Crippen LogP contribution in [-0.2, 0) is 4.74 Å². The lowest BCUT2D eigenvalue weighted by Gasteiger charge is -2.33. The van der Waals surface area contributed by atoms with E-state index in [1.165, 1.54) is 18.4 Å². The number of aliphatic hydroxyl groups excluding tert-OH is 2. The van der Waals surface area contributed by atoms with Gasteiger partial charge in [-0.1, -0.05) is 43.2 Å². The molecule has 25 heavy (non-hydrogen) atoms. The molecular weight excluding hydrogens is 336 g/mol. The fraction of sp³-hybridized carbons (Fsp3) is 0.619. The Morgan fingerprint density at radius 1 is 1.24 bits per heavy atom. The van der Waals surface area contributed by atoms with Crippen molar-refractivity contribution < 1.29 is 14.9 Å². The Hall–Kier alpha value is -0.870. The van der Waals surface area contributed by atoms with Gasteiger partial charge >= 0.3 is 0 Å². The van der Waals surface area contributed by atoms with Crippen LogP contribution in [0, 0.1) is 5.41 Å². The van der Waals surface area contributed by atoms with E-state index in [2.05, 4.69) is 26.0 Å². The van der Waals surface area contributed by atoms with Crippen LogP contribution in [0.4, 0.5) is 0 Å². The highest BCUT2D eigenvalue weighted by Crippen LogP contribution is 2.39. The molecule has 138 valence electrons. The van der Waals surface area contributed by atoms with E-state index >= 15 is 0 Å². The van der Waals surface area contributed by atoms with Gasteiger partial charge in [0.25, 0.3) is 0 Å². The predicted molar refractivity (Wildman–Crippen MR) is 102 cm³/mol. The predicted octanol–water partition coefficient (Wildman–Crippen LogP) is 4.90. The molecule has 1 heterocycles. The smallest absolute Gasteiger partial charge is 0.0854 e. The molecular formula is C21H29ClO3. The molecule has 1 saturated carbocycles. The number of hydrogen-bond donors (Lipinski definition) is 2. The second-order valence-electron chi connectivity index (χ2n) is 8.30. The molecule has 3 nitrogen and oxygen atoms in total. The first-order chi connectivity index (χ1) is 11.9. The standard InChI is InChI=1S/C21H29ClO3/c1-21(2)7-5-14(6-8-21)9-16-10-15(3-4-19(16)22)20-12-17(24)11-18(13-23)25-20/h3-4,9-10,17-18,20,23-24H,5-8,11-13H2,1-2H3. The molecule has 1 saturated heterocycles. The summed E-state index contributed by atoms with van der Waals surface area (Å²) < 4.78 is 5.93. The zero-order valence-corrected chi connectivity index (χ0v) is 15.9. The Bertz CT molecular complexity index is 626. The van der Waals surface area contributed by atoms with E-state index < -0.39 is 6.10 Å². The second kappa shape index (κ2) is 7.79. The minimum Gasteiger partial charge on any atom is -0.394 e. The summed E-state index contributed by atoms with van der Waals surface area (Å²) in [7, 11) is 0. The van der Waals surface area contributed by atoms with Crippen LogP contribution in [0.15, 0.2) is 23.8 Å². The van der Waals surface area contributed by atoms with Gasteiger partial charge in [0.1, 0.15) is 0 Å². The monoisotopic (exact) mass is 364 g/mol. The zero-order chi connectivity index (χ0) is 18.0. The number of rotatable bonds is 3. The Kier molecular flexibility index (Phi) is 5.89. The molecule has 4 heteroatoms. The van der Waals surface area contributed by atoms with Crippen LogP contribution >= 0.6 is 11.6 Å². The fourth-order valence-corrected chi connectivity index (χ4v) is 3.98. The van der Waals surface area contributed by atoms with Gasteiger partial charge in [-0.15, -0.1) is 0 Å². The first-order valence-electron chi connectivity index (χ1n) is 9.29. The summed E-state index contributed by atoms with van der Waals surface area (Å²) in [6.45, 7) is 4.61. The van der Waals surface area contributed by atoms with Crippen LogP contribution < -0.4 is 0 Å². The van der Waals surface area contributed by atoms with Crippen molar-refractivity contribution in [2.45, 2.75) is 70.7 Å². The summed E-state index contributed by atoms with van der Waals surface area (Å²) in [6, 6.07) is 5.95. The third kappa shape index (κ3) is 4.85. The van der Waals surface area contributed by atoms with Crippen molar-refractivity contribution in [3.63, 3.8) is 0 Å². The number of hydrogen-bond acceptors (Lipinski definition) is 3. The largest absolute Gasteiger partial charge is 0.394 e. The molecule has 1 aliphatic carbocycles. The maximum atomic E-state index is 10.0. The zero-order valence-electron chi connectivity index (χ0n) is 15.2. The quantitative estimate of drug-likeness (QED) is 0.802. The molecule has 1 aromatic carbocycles. The van der Waals surface area contributed by atoms with Crippen molar-refractivity contribution in [2.24, 2.45) is 5.41 Å². The molecule has 1 aliphatic heterocycles. The molecule has 0 spiro atoms. The SMILES string of the molecule is CC1(C)CCC(=Cc2cc(C3CC(O)CC(CO)O3)ccc2Cl)CC1. The molecule has 3 rings (SSSR count). The lowest BCUT2D eigenvalue weighted by molar-refractivity contribution is -0.113. The molecule has 1 aromatic rings. The first kappa shape index (κ1) is 18.9. The summed E-state index contributed by atoms with van der Waals surface area (Å²) in [6.07, 6.45) is 7.02. The van der Waals surface area contributed by atoms with Crippen molar-refractivity contribution in [2.75, 3.05) is 6.61 Å². The average Bonchev–Trinajstić information content (AvgIpc) is 2.58. The van der Waals surface area contributed by atoms with Crippen LogP contribution in [0.1, 0.15) is 69.6 Å². The van der Waals surface area contributed by atoms with Gasteiger partial charge in [-0.3, -0.25) is 0 Å². The second-order valence-corrected chi connectivity index (χ2v) is 8.71. The van der Waals surface area contributed by atoms with Crippen LogP contribution in [-0.4, -0.2) is 29.0 Å². The molecule has 2 fully saturated rings. The maximum absolute atomic E-state index is 10.0. The fourth-order valence-electron chi connectivity index (χ4n) is 3.81. The van der Waals surface area contributed by atoms with Crippen LogP contribution in [0.25, 0.3) is 6.08 Å². The van der Waals surface area contributed by atoms with Crippen molar-refractivity contribution in [3.05, 3.63) is 39.9 Å².